The van der Waals surface area contributed by atoms with Crippen molar-refractivity contribution in [2.24, 2.45) is 0 Å². The molecule has 0 heterocycles. The second kappa shape index (κ2) is 13.8. The zero-order valence-electron chi connectivity index (χ0n) is 19.2. The standard InChI is InChI=1S/C26H38O4/c1-5-7-9-11-17-29-23-15-13-21(19-25(23)27-3)22-14-16-24(26(20-22)28-4)30-18-12-10-8-6-2/h13-16,19-20H,5-12,17-18H2,1-4H3. The first-order chi connectivity index (χ1) is 14.7. The Bertz CT molecular complexity index is 678. The molecular formula is C26H38O4. The molecule has 4 heteroatoms. The van der Waals surface area contributed by atoms with Crippen molar-refractivity contribution >= 4 is 0 Å². The molecule has 0 saturated heterocycles. The van der Waals surface area contributed by atoms with Gasteiger partial charge in [-0.3, -0.25) is 0 Å². The molecule has 0 spiro atoms. The highest BCUT2D eigenvalue weighted by Crippen LogP contribution is 2.36. The first kappa shape index (κ1) is 23.9. The van der Waals surface area contributed by atoms with Gasteiger partial charge in [0.25, 0.3) is 0 Å². The van der Waals surface area contributed by atoms with E-state index in [0.717, 1.165) is 47.0 Å². The van der Waals surface area contributed by atoms with E-state index in [1.165, 1.54) is 38.5 Å². The quantitative estimate of drug-likeness (QED) is 0.287. The van der Waals surface area contributed by atoms with Crippen LogP contribution in [0.5, 0.6) is 23.0 Å². The van der Waals surface area contributed by atoms with E-state index in [2.05, 4.69) is 26.0 Å². The van der Waals surface area contributed by atoms with Gasteiger partial charge >= 0.3 is 0 Å². The van der Waals surface area contributed by atoms with E-state index >= 15 is 0 Å². The summed E-state index contributed by atoms with van der Waals surface area (Å²) in [7, 11) is 3.36. The Kier molecular flexibility index (Phi) is 11.0. The second-order valence-corrected chi connectivity index (χ2v) is 7.55. The minimum absolute atomic E-state index is 0.716. The van der Waals surface area contributed by atoms with E-state index in [1.54, 1.807) is 14.2 Å². The molecule has 0 bridgehead atoms. The van der Waals surface area contributed by atoms with Gasteiger partial charge in [-0.15, -0.1) is 0 Å². The van der Waals surface area contributed by atoms with Gasteiger partial charge in [0.05, 0.1) is 27.4 Å². The van der Waals surface area contributed by atoms with Gasteiger partial charge in [-0.05, 0) is 48.2 Å². The predicted molar refractivity (Wildman–Crippen MR) is 124 cm³/mol. The Morgan fingerprint density at radius 2 is 0.967 bits per heavy atom. The Morgan fingerprint density at radius 1 is 0.533 bits per heavy atom. The minimum atomic E-state index is 0.716. The molecular weight excluding hydrogens is 376 g/mol. The number of hydrogen-bond donors (Lipinski definition) is 0. The SMILES string of the molecule is CCCCCCOc1ccc(-c2ccc(OCCCCCC)c(OC)c2)cc1OC. The summed E-state index contributed by atoms with van der Waals surface area (Å²) in [6.07, 6.45) is 9.48. The van der Waals surface area contributed by atoms with E-state index in [-0.39, 0.29) is 0 Å². The summed E-state index contributed by atoms with van der Waals surface area (Å²) in [4.78, 5) is 0. The lowest BCUT2D eigenvalue weighted by molar-refractivity contribution is 0.285. The Balaban J connectivity index is 2.05. The smallest absolute Gasteiger partial charge is 0.161 e. The van der Waals surface area contributed by atoms with E-state index < -0.39 is 0 Å². The summed E-state index contributed by atoms with van der Waals surface area (Å²) in [5.74, 6) is 3.07. The fourth-order valence-corrected chi connectivity index (χ4v) is 3.35. The van der Waals surface area contributed by atoms with Crippen LogP contribution >= 0.6 is 0 Å². The number of rotatable bonds is 15. The Hall–Kier alpha value is -2.36. The molecule has 0 saturated carbocycles. The van der Waals surface area contributed by atoms with Crippen LogP contribution in [0.15, 0.2) is 36.4 Å². The minimum Gasteiger partial charge on any atom is -0.493 e. The van der Waals surface area contributed by atoms with E-state index in [1.807, 2.05) is 24.3 Å². The number of methoxy groups -OCH3 is 2. The van der Waals surface area contributed by atoms with Gasteiger partial charge in [0.15, 0.2) is 23.0 Å². The zero-order valence-corrected chi connectivity index (χ0v) is 19.2. The molecule has 0 aliphatic heterocycles. The molecule has 2 rings (SSSR count). The molecule has 0 unspecified atom stereocenters. The number of unbranched alkanes of at least 4 members (excludes halogenated alkanes) is 6. The summed E-state index contributed by atoms with van der Waals surface area (Å²) in [6, 6.07) is 12.1. The highest BCUT2D eigenvalue weighted by atomic mass is 16.5. The van der Waals surface area contributed by atoms with Gasteiger partial charge in [0.1, 0.15) is 0 Å². The first-order valence-electron chi connectivity index (χ1n) is 11.4. The maximum absolute atomic E-state index is 5.93. The number of benzene rings is 2. The van der Waals surface area contributed by atoms with Gasteiger partial charge in [-0.2, -0.15) is 0 Å². The van der Waals surface area contributed by atoms with Gasteiger partial charge in [-0.1, -0.05) is 64.5 Å². The van der Waals surface area contributed by atoms with Crippen molar-refractivity contribution in [3.63, 3.8) is 0 Å². The topological polar surface area (TPSA) is 36.9 Å². The highest BCUT2D eigenvalue weighted by molar-refractivity contribution is 5.70. The average Bonchev–Trinajstić information content (AvgIpc) is 2.79. The summed E-state index contributed by atoms with van der Waals surface area (Å²) in [5.41, 5.74) is 2.11. The molecule has 0 atom stereocenters. The Labute approximate surface area is 182 Å². The van der Waals surface area contributed by atoms with Crippen LogP contribution < -0.4 is 18.9 Å². The third-order valence-electron chi connectivity index (χ3n) is 5.17. The fraction of sp³-hybridized carbons (Fsp3) is 0.538. The summed E-state index contributed by atoms with van der Waals surface area (Å²) in [6.45, 7) is 5.86. The van der Waals surface area contributed by atoms with Crippen LogP contribution in [0.1, 0.15) is 65.2 Å². The molecule has 0 aromatic heterocycles. The van der Waals surface area contributed by atoms with Crippen molar-refractivity contribution in [3.8, 4) is 34.1 Å². The predicted octanol–water partition coefficient (Wildman–Crippen LogP) is 7.29. The summed E-state index contributed by atoms with van der Waals surface area (Å²) in [5, 5.41) is 0. The maximum Gasteiger partial charge on any atom is 0.161 e. The monoisotopic (exact) mass is 414 g/mol. The third kappa shape index (κ3) is 7.47. The molecule has 2 aromatic carbocycles. The fourth-order valence-electron chi connectivity index (χ4n) is 3.35. The van der Waals surface area contributed by atoms with Crippen LogP contribution in [-0.4, -0.2) is 27.4 Å². The van der Waals surface area contributed by atoms with Crippen LogP contribution in [0, 0.1) is 0 Å². The van der Waals surface area contributed by atoms with Crippen molar-refractivity contribution in [2.75, 3.05) is 27.4 Å². The van der Waals surface area contributed by atoms with Crippen molar-refractivity contribution in [1.29, 1.82) is 0 Å². The van der Waals surface area contributed by atoms with Gasteiger partial charge < -0.3 is 18.9 Å². The highest BCUT2D eigenvalue weighted by Gasteiger charge is 2.11. The van der Waals surface area contributed by atoms with Crippen molar-refractivity contribution in [3.05, 3.63) is 36.4 Å². The summed E-state index contributed by atoms with van der Waals surface area (Å²) < 4.78 is 23.0. The van der Waals surface area contributed by atoms with E-state index in [9.17, 15) is 0 Å². The molecule has 30 heavy (non-hydrogen) atoms. The van der Waals surface area contributed by atoms with Crippen LogP contribution in [-0.2, 0) is 0 Å². The summed E-state index contributed by atoms with van der Waals surface area (Å²) >= 11 is 0. The van der Waals surface area contributed by atoms with Crippen molar-refractivity contribution in [2.45, 2.75) is 65.2 Å². The molecule has 0 radical (unpaired) electrons. The van der Waals surface area contributed by atoms with Gasteiger partial charge in [-0.25, -0.2) is 0 Å². The molecule has 4 nitrogen and oxygen atoms in total. The normalized spacial score (nSPS) is 10.7. The maximum atomic E-state index is 5.93. The lowest BCUT2D eigenvalue weighted by Gasteiger charge is -2.14. The zero-order chi connectivity index (χ0) is 21.6. The van der Waals surface area contributed by atoms with Gasteiger partial charge in [0.2, 0.25) is 0 Å². The molecule has 2 aromatic rings. The van der Waals surface area contributed by atoms with Crippen molar-refractivity contribution in [1.82, 2.24) is 0 Å². The van der Waals surface area contributed by atoms with Crippen LogP contribution in [0.3, 0.4) is 0 Å². The Morgan fingerprint density at radius 3 is 1.33 bits per heavy atom. The molecule has 166 valence electrons. The van der Waals surface area contributed by atoms with Crippen LogP contribution in [0.4, 0.5) is 0 Å². The lowest BCUT2D eigenvalue weighted by atomic mass is 10.0. The number of ether oxygens (including phenoxy) is 4. The van der Waals surface area contributed by atoms with Gasteiger partial charge in [0, 0.05) is 0 Å². The van der Waals surface area contributed by atoms with E-state index in [0.29, 0.717) is 13.2 Å². The number of hydrogen-bond acceptors (Lipinski definition) is 4. The van der Waals surface area contributed by atoms with Crippen molar-refractivity contribution < 1.29 is 18.9 Å². The molecule has 0 aliphatic rings. The first-order valence-corrected chi connectivity index (χ1v) is 11.4. The molecule has 0 amide bonds. The van der Waals surface area contributed by atoms with Crippen LogP contribution in [0.25, 0.3) is 11.1 Å². The third-order valence-corrected chi connectivity index (χ3v) is 5.17. The average molecular weight is 415 g/mol. The second-order valence-electron chi connectivity index (χ2n) is 7.55. The van der Waals surface area contributed by atoms with Crippen LogP contribution in [0.2, 0.25) is 0 Å². The molecule has 0 aliphatic carbocycles. The van der Waals surface area contributed by atoms with E-state index in [4.69, 9.17) is 18.9 Å². The molecule has 0 fully saturated rings. The lowest BCUT2D eigenvalue weighted by Crippen LogP contribution is -2.00. The molecule has 0 N–H and O–H groups in total. The largest absolute Gasteiger partial charge is 0.493 e.